The minimum Gasteiger partial charge on any atom is -0.383 e. The standard InChI is InChI=1S/C14H15N5O2/c1-21-7-6-19-8-11(10-4-2-3-5-12(10)19)13(20)17-14-15-9-16-18-14/h2-5,8-9H,6-7H2,1H3,(H2,15,16,17,18,20). The van der Waals surface area contributed by atoms with E-state index in [2.05, 4.69) is 20.5 Å². The van der Waals surface area contributed by atoms with Crippen LogP contribution in [0.25, 0.3) is 10.9 Å². The number of hydrogen-bond donors (Lipinski definition) is 2. The number of nitrogens with zero attached hydrogens (tertiary/aromatic N) is 3. The van der Waals surface area contributed by atoms with Crippen LogP contribution in [-0.4, -0.2) is 39.4 Å². The van der Waals surface area contributed by atoms with Crippen LogP contribution in [0.3, 0.4) is 0 Å². The second-order valence-corrected chi connectivity index (χ2v) is 4.53. The lowest BCUT2D eigenvalue weighted by Gasteiger charge is -2.03. The van der Waals surface area contributed by atoms with E-state index in [4.69, 9.17) is 4.74 Å². The summed E-state index contributed by atoms with van der Waals surface area (Å²) in [5.41, 5.74) is 1.59. The van der Waals surface area contributed by atoms with Crippen molar-refractivity contribution in [2.45, 2.75) is 6.54 Å². The summed E-state index contributed by atoms with van der Waals surface area (Å²) in [5.74, 6) is 0.104. The molecule has 7 heteroatoms. The molecule has 1 amide bonds. The van der Waals surface area contributed by atoms with Gasteiger partial charge in [0.05, 0.1) is 12.2 Å². The Bertz CT molecular complexity index is 748. The number of carbonyl (C=O) groups is 1. The first-order chi connectivity index (χ1) is 10.3. The molecule has 0 spiro atoms. The first-order valence-corrected chi connectivity index (χ1v) is 6.53. The largest absolute Gasteiger partial charge is 0.383 e. The Morgan fingerprint density at radius 1 is 1.43 bits per heavy atom. The molecular formula is C14H15N5O2. The molecule has 0 saturated carbocycles. The van der Waals surface area contributed by atoms with Gasteiger partial charge in [0.25, 0.3) is 5.91 Å². The Hall–Kier alpha value is -2.67. The van der Waals surface area contributed by atoms with Gasteiger partial charge < -0.3 is 9.30 Å². The van der Waals surface area contributed by atoms with E-state index < -0.39 is 0 Å². The maximum atomic E-state index is 12.4. The number of aromatic nitrogens is 4. The Balaban J connectivity index is 1.95. The van der Waals surface area contributed by atoms with Gasteiger partial charge in [0, 0.05) is 30.8 Å². The number of aromatic amines is 1. The van der Waals surface area contributed by atoms with Crippen molar-refractivity contribution in [3.8, 4) is 0 Å². The monoisotopic (exact) mass is 285 g/mol. The van der Waals surface area contributed by atoms with Crippen molar-refractivity contribution in [2.75, 3.05) is 19.0 Å². The molecule has 3 aromatic rings. The zero-order chi connectivity index (χ0) is 14.7. The molecule has 0 atom stereocenters. The van der Waals surface area contributed by atoms with E-state index in [1.165, 1.54) is 6.33 Å². The molecule has 2 N–H and O–H groups in total. The predicted octanol–water partition coefficient (Wildman–Crippen LogP) is 1.66. The normalized spacial score (nSPS) is 10.9. The molecule has 108 valence electrons. The van der Waals surface area contributed by atoms with E-state index in [-0.39, 0.29) is 5.91 Å². The van der Waals surface area contributed by atoms with Crippen LogP contribution >= 0.6 is 0 Å². The Kier molecular flexibility index (Phi) is 3.65. The third-order valence-corrected chi connectivity index (χ3v) is 3.22. The minimum atomic E-state index is -0.223. The number of rotatable bonds is 5. The van der Waals surface area contributed by atoms with Gasteiger partial charge in [0.15, 0.2) is 0 Å². The number of ether oxygens (including phenoxy) is 1. The molecule has 0 unspecified atom stereocenters. The molecule has 0 fully saturated rings. The topological polar surface area (TPSA) is 84.8 Å². The number of para-hydroxylation sites is 1. The highest BCUT2D eigenvalue weighted by Gasteiger charge is 2.15. The van der Waals surface area contributed by atoms with Crippen LogP contribution in [0.4, 0.5) is 5.95 Å². The van der Waals surface area contributed by atoms with E-state index in [9.17, 15) is 4.79 Å². The zero-order valence-electron chi connectivity index (χ0n) is 11.5. The van der Waals surface area contributed by atoms with Crippen LogP contribution in [0, 0.1) is 0 Å². The van der Waals surface area contributed by atoms with Gasteiger partial charge in [-0.2, -0.15) is 10.1 Å². The molecule has 0 bridgehead atoms. The maximum Gasteiger partial charge on any atom is 0.260 e. The van der Waals surface area contributed by atoms with Crippen molar-refractivity contribution in [3.05, 3.63) is 42.4 Å². The lowest BCUT2D eigenvalue weighted by atomic mass is 10.1. The number of H-pyrrole nitrogens is 1. The number of carbonyl (C=O) groups excluding carboxylic acids is 1. The molecule has 0 radical (unpaired) electrons. The van der Waals surface area contributed by atoms with Crippen molar-refractivity contribution in [2.24, 2.45) is 0 Å². The number of amides is 1. The maximum absolute atomic E-state index is 12.4. The highest BCUT2D eigenvalue weighted by atomic mass is 16.5. The number of fused-ring (bicyclic) bond motifs is 1. The molecule has 0 saturated heterocycles. The van der Waals surface area contributed by atoms with Gasteiger partial charge in [0.2, 0.25) is 5.95 Å². The second-order valence-electron chi connectivity index (χ2n) is 4.53. The van der Waals surface area contributed by atoms with Crippen molar-refractivity contribution < 1.29 is 9.53 Å². The molecule has 2 heterocycles. The Labute approximate surface area is 120 Å². The zero-order valence-corrected chi connectivity index (χ0v) is 11.5. The van der Waals surface area contributed by atoms with Gasteiger partial charge in [-0.05, 0) is 6.07 Å². The summed E-state index contributed by atoms with van der Waals surface area (Å²) in [6.07, 6.45) is 3.17. The molecule has 1 aromatic carbocycles. The van der Waals surface area contributed by atoms with Gasteiger partial charge in [-0.1, -0.05) is 18.2 Å². The fourth-order valence-corrected chi connectivity index (χ4v) is 2.24. The smallest absolute Gasteiger partial charge is 0.260 e. The summed E-state index contributed by atoms with van der Waals surface area (Å²) < 4.78 is 7.11. The summed E-state index contributed by atoms with van der Waals surface area (Å²) in [6.45, 7) is 1.27. The molecule has 21 heavy (non-hydrogen) atoms. The molecular weight excluding hydrogens is 270 g/mol. The van der Waals surface area contributed by atoms with E-state index >= 15 is 0 Å². The van der Waals surface area contributed by atoms with Gasteiger partial charge in [-0.3, -0.25) is 10.1 Å². The second kappa shape index (κ2) is 5.76. The third-order valence-electron chi connectivity index (χ3n) is 3.22. The molecule has 3 rings (SSSR count). The van der Waals surface area contributed by atoms with Crippen LogP contribution in [0.15, 0.2) is 36.8 Å². The van der Waals surface area contributed by atoms with Crippen LogP contribution < -0.4 is 5.32 Å². The highest BCUT2D eigenvalue weighted by Crippen LogP contribution is 2.22. The van der Waals surface area contributed by atoms with Gasteiger partial charge in [0.1, 0.15) is 6.33 Å². The molecule has 0 aliphatic heterocycles. The lowest BCUT2D eigenvalue weighted by molar-refractivity contribution is 0.102. The Morgan fingerprint density at radius 3 is 3.05 bits per heavy atom. The number of hydrogen-bond acceptors (Lipinski definition) is 4. The minimum absolute atomic E-state index is 0.223. The van der Waals surface area contributed by atoms with Gasteiger partial charge in [-0.15, -0.1) is 0 Å². The van der Waals surface area contributed by atoms with Crippen molar-refractivity contribution in [1.82, 2.24) is 19.7 Å². The first kappa shape index (κ1) is 13.3. The number of methoxy groups -OCH3 is 1. The van der Waals surface area contributed by atoms with Crippen molar-refractivity contribution >= 4 is 22.8 Å². The summed E-state index contributed by atoms with van der Waals surface area (Å²) in [4.78, 5) is 16.3. The number of benzene rings is 1. The number of nitrogens with one attached hydrogen (secondary N) is 2. The fraction of sp³-hybridized carbons (Fsp3) is 0.214. The highest BCUT2D eigenvalue weighted by molar-refractivity contribution is 6.12. The first-order valence-electron chi connectivity index (χ1n) is 6.53. The van der Waals surface area contributed by atoms with Crippen LogP contribution in [-0.2, 0) is 11.3 Å². The summed E-state index contributed by atoms with van der Waals surface area (Å²) in [6, 6.07) is 7.77. The molecule has 7 nitrogen and oxygen atoms in total. The number of anilines is 1. The van der Waals surface area contributed by atoms with Gasteiger partial charge >= 0.3 is 0 Å². The predicted molar refractivity (Wildman–Crippen MR) is 78.1 cm³/mol. The quantitative estimate of drug-likeness (QED) is 0.746. The fourth-order valence-electron chi connectivity index (χ4n) is 2.24. The lowest BCUT2D eigenvalue weighted by Crippen LogP contribution is -2.12. The average molecular weight is 285 g/mol. The Morgan fingerprint density at radius 2 is 2.29 bits per heavy atom. The average Bonchev–Trinajstić information content (AvgIpc) is 3.12. The summed E-state index contributed by atoms with van der Waals surface area (Å²) in [7, 11) is 1.66. The summed E-state index contributed by atoms with van der Waals surface area (Å²) in [5, 5.41) is 9.89. The van der Waals surface area contributed by atoms with E-state index in [0.29, 0.717) is 24.7 Å². The molecule has 0 aliphatic carbocycles. The third kappa shape index (κ3) is 2.63. The van der Waals surface area contributed by atoms with Crippen molar-refractivity contribution in [1.29, 1.82) is 0 Å². The SMILES string of the molecule is COCCn1cc(C(=O)Nc2ncn[nH]2)c2ccccc21. The van der Waals surface area contributed by atoms with Crippen molar-refractivity contribution in [3.63, 3.8) is 0 Å². The molecule has 0 aliphatic rings. The van der Waals surface area contributed by atoms with Crippen LogP contribution in [0.2, 0.25) is 0 Å². The van der Waals surface area contributed by atoms with E-state index in [1.54, 1.807) is 7.11 Å². The van der Waals surface area contributed by atoms with E-state index in [1.807, 2.05) is 35.0 Å². The van der Waals surface area contributed by atoms with E-state index in [0.717, 1.165) is 10.9 Å². The van der Waals surface area contributed by atoms with Crippen LogP contribution in [0.1, 0.15) is 10.4 Å². The molecule has 2 aromatic heterocycles. The van der Waals surface area contributed by atoms with Crippen LogP contribution in [0.5, 0.6) is 0 Å². The summed E-state index contributed by atoms with van der Waals surface area (Å²) >= 11 is 0. The van der Waals surface area contributed by atoms with Gasteiger partial charge in [-0.25, -0.2) is 5.10 Å².